The summed E-state index contributed by atoms with van der Waals surface area (Å²) in [6.07, 6.45) is 7.74. The number of nitrogens with zero attached hydrogens (tertiary/aromatic N) is 2. The zero-order chi connectivity index (χ0) is 25.3. The van der Waals surface area contributed by atoms with Gasteiger partial charge in [-0.1, -0.05) is 56.2 Å². The van der Waals surface area contributed by atoms with Crippen molar-refractivity contribution in [2.24, 2.45) is 0 Å². The minimum absolute atomic E-state index is 0.0195. The van der Waals surface area contributed by atoms with E-state index in [1.807, 2.05) is 48.5 Å². The van der Waals surface area contributed by atoms with Gasteiger partial charge in [-0.2, -0.15) is 5.26 Å². The zero-order valence-electron chi connectivity index (χ0n) is 20.6. The molecule has 0 unspecified atom stereocenters. The number of nitriles is 1. The zero-order valence-corrected chi connectivity index (χ0v) is 20.6. The molecule has 1 aromatic heterocycles. The predicted octanol–water partition coefficient (Wildman–Crippen LogP) is 7.52. The van der Waals surface area contributed by atoms with Gasteiger partial charge in [0, 0.05) is 11.1 Å². The Morgan fingerprint density at radius 3 is 2.42 bits per heavy atom. The second-order valence-electron chi connectivity index (χ2n) is 9.06. The van der Waals surface area contributed by atoms with Crippen LogP contribution < -0.4 is 4.74 Å². The fourth-order valence-corrected chi connectivity index (χ4v) is 4.28. The second kappa shape index (κ2) is 12.3. The van der Waals surface area contributed by atoms with Crippen LogP contribution in [-0.4, -0.2) is 11.6 Å². The third-order valence-corrected chi connectivity index (χ3v) is 6.42. The quantitative estimate of drug-likeness (QED) is 0.207. The number of halogens is 2. The van der Waals surface area contributed by atoms with Crippen LogP contribution in [0.25, 0.3) is 10.8 Å². The van der Waals surface area contributed by atoms with Crippen LogP contribution in [0.3, 0.4) is 0 Å². The number of aryl methyl sites for hydroxylation is 4. The fraction of sp³-hybridized carbons (Fsp3) is 0.290. The molecule has 3 aromatic carbocycles. The number of unbranched alkanes of at least 4 members (excludes halogenated alkanes) is 2. The molecule has 0 saturated heterocycles. The van der Waals surface area contributed by atoms with E-state index in [0.29, 0.717) is 23.8 Å². The summed E-state index contributed by atoms with van der Waals surface area (Å²) in [5, 5.41) is 10.3. The van der Waals surface area contributed by atoms with Crippen LogP contribution in [0.1, 0.15) is 54.1 Å². The third-order valence-electron chi connectivity index (χ3n) is 6.42. The maximum Gasteiger partial charge on any atom is 0.141 e. The monoisotopic (exact) mass is 484 g/mol. The van der Waals surface area contributed by atoms with E-state index in [1.165, 1.54) is 25.0 Å². The molecule has 0 saturated carbocycles. The highest BCUT2D eigenvalue weighted by molar-refractivity contribution is 5.84. The number of rotatable bonds is 11. The van der Waals surface area contributed by atoms with E-state index >= 15 is 4.39 Å². The van der Waals surface area contributed by atoms with Gasteiger partial charge in [0.15, 0.2) is 0 Å². The van der Waals surface area contributed by atoms with Gasteiger partial charge in [0.1, 0.15) is 23.5 Å². The van der Waals surface area contributed by atoms with E-state index in [4.69, 9.17) is 10.00 Å². The summed E-state index contributed by atoms with van der Waals surface area (Å²) < 4.78 is 34.8. The normalized spacial score (nSPS) is 10.9. The van der Waals surface area contributed by atoms with Crippen molar-refractivity contribution in [2.45, 2.75) is 51.9 Å². The van der Waals surface area contributed by atoms with Crippen molar-refractivity contribution in [1.82, 2.24) is 4.98 Å². The Labute approximate surface area is 211 Å². The molecule has 0 radical (unpaired) electrons. The molecular formula is C31H30F2N2O. The number of fused-ring (bicyclic) bond motifs is 1. The molecule has 0 fully saturated rings. The molecule has 1 heterocycles. The Bertz CT molecular complexity index is 1360. The molecule has 4 aromatic rings. The molecule has 0 spiro atoms. The summed E-state index contributed by atoms with van der Waals surface area (Å²) in [4.78, 5) is 4.52. The highest BCUT2D eigenvalue weighted by Crippen LogP contribution is 2.24. The topological polar surface area (TPSA) is 45.9 Å². The number of ether oxygens (including phenoxy) is 1. The van der Waals surface area contributed by atoms with Gasteiger partial charge in [0.05, 0.1) is 18.4 Å². The number of benzene rings is 3. The fourth-order valence-electron chi connectivity index (χ4n) is 4.28. The van der Waals surface area contributed by atoms with Crippen LogP contribution in [0.15, 0.2) is 66.9 Å². The molecule has 0 N–H and O–H groups in total. The van der Waals surface area contributed by atoms with Crippen molar-refractivity contribution in [3.63, 3.8) is 0 Å². The van der Waals surface area contributed by atoms with E-state index in [9.17, 15) is 4.39 Å². The summed E-state index contributed by atoms with van der Waals surface area (Å²) in [6.45, 7) is 2.89. The van der Waals surface area contributed by atoms with Crippen LogP contribution >= 0.6 is 0 Å². The first-order chi connectivity index (χ1) is 17.6. The van der Waals surface area contributed by atoms with Crippen molar-refractivity contribution < 1.29 is 13.5 Å². The molecular weight excluding hydrogens is 454 g/mol. The first kappa shape index (κ1) is 25.3. The molecule has 3 nitrogen and oxygen atoms in total. The summed E-state index contributed by atoms with van der Waals surface area (Å²) in [5.74, 6) is 0.0314. The van der Waals surface area contributed by atoms with Gasteiger partial charge >= 0.3 is 0 Å². The molecule has 0 aliphatic heterocycles. The molecule has 184 valence electrons. The van der Waals surface area contributed by atoms with E-state index in [2.05, 4.69) is 11.9 Å². The summed E-state index contributed by atoms with van der Waals surface area (Å²) in [5.41, 5.74) is 3.49. The molecule has 5 heteroatoms. The number of hydrogen-bond acceptors (Lipinski definition) is 3. The maximum atomic E-state index is 15.2. The highest BCUT2D eigenvalue weighted by atomic mass is 19.1. The molecule has 4 rings (SSSR count). The van der Waals surface area contributed by atoms with Gasteiger partial charge in [0.2, 0.25) is 0 Å². The molecule has 0 bridgehead atoms. The van der Waals surface area contributed by atoms with Crippen molar-refractivity contribution in [2.75, 3.05) is 6.61 Å². The molecule has 0 aliphatic rings. The Kier molecular flexibility index (Phi) is 8.62. The van der Waals surface area contributed by atoms with Crippen molar-refractivity contribution in [3.8, 4) is 11.8 Å². The van der Waals surface area contributed by atoms with Gasteiger partial charge in [-0.15, -0.1) is 0 Å². The molecule has 0 atom stereocenters. The molecule has 0 aliphatic carbocycles. The summed E-state index contributed by atoms with van der Waals surface area (Å²) >= 11 is 0. The maximum absolute atomic E-state index is 15.2. The number of pyridine rings is 1. The van der Waals surface area contributed by atoms with E-state index in [1.54, 1.807) is 12.3 Å². The lowest BCUT2D eigenvalue weighted by molar-refractivity contribution is 0.305. The van der Waals surface area contributed by atoms with Gasteiger partial charge < -0.3 is 4.74 Å². The van der Waals surface area contributed by atoms with E-state index in [-0.39, 0.29) is 11.4 Å². The average Bonchev–Trinajstić information content (AvgIpc) is 2.90. The molecule has 36 heavy (non-hydrogen) atoms. The third kappa shape index (κ3) is 6.46. The van der Waals surface area contributed by atoms with Crippen LogP contribution in [-0.2, 0) is 25.7 Å². The lowest BCUT2D eigenvalue weighted by Gasteiger charge is -2.10. The summed E-state index contributed by atoms with van der Waals surface area (Å²) in [6, 6.07) is 19.9. The SMILES string of the molecule is CCCCCOc1ccc(CCc2ccc3c(F)c(CCc4ccc(C#N)c(F)c4)ccc3c2)nc1. The van der Waals surface area contributed by atoms with E-state index in [0.717, 1.165) is 53.8 Å². The first-order valence-electron chi connectivity index (χ1n) is 12.5. The lowest BCUT2D eigenvalue weighted by atomic mass is 9.97. The van der Waals surface area contributed by atoms with Gasteiger partial charge in [0.25, 0.3) is 0 Å². The molecule has 0 amide bonds. The number of hydrogen-bond donors (Lipinski definition) is 0. The predicted molar refractivity (Wildman–Crippen MR) is 139 cm³/mol. The van der Waals surface area contributed by atoms with Crippen LogP contribution in [0.2, 0.25) is 0 Å². The van der Waals surface area contributed by atoms with Crippen LogP contribution in [0, 0.1) is 23.0 Å². The Balaban J connectivity index is 1.36. The second-order valence-corrected chi connectivity index (χ2v) is 9.06. The number of aromatic nitrogens is 1. The van der Waals surface area contributed by atoms with Crippen molar-refractivity contribution in [3.05, 3.63) is 106 Å². The van der Waals surface area contributed by atoms with Crippen molar-refractivity contribution >= 4 is 10.8 Å². The smallest absolute Gasteiger partial charge is 0.141 e. The van der Waals surface area contributed by atoms with Crippen LogP contribution in [0.4, 0.5) is 8.78 Å². The highest BCUT2D eigenvalue weighted by Gasteiger charge is 2.10. The minimum Gasteiger partial charge on any atom is -0.492 e. The largest absolute Gasteiger partial charge is 0.492 e. The standard InChI is InChI=1S/C31H30F2N2O/c1-2-3-4-17-36-28-15-14-27(35-21-28)13-7-22-8-16-29-25(18-22)12-11-24(31(29)33)9-5-23-6-10-26(20-34)30(32)19-23/h6,8,10-12,14-16,18-19,21H,2-5,7,9,13,17H2,1H3. The Morgan fingerprint density at radius 2 is 1.67 bits per heavy atom. The Hall–Kier alpha value is -3.78. The first-order valence-corrected chi connectivity index (χ1v) is 12.5. The van der Waals surface area contributed by atoms with Gasteiger partial charge in [-0.05, 0) is 78.4 Å². The Morgan fingerprint density at radius 1 is 0.861 bits per heavy atom. The lowest BCUT2D eigenvalue weighted by Crippen LogP contribution is -1.99. The van der Waals surface area contributed by atoms with Crippen molar-refractivity contribution in [1.29, 1.82) is 5.26 Å². The van der Waals surface area contributed by atoms with E-state index < -0.39 is 5.82 Å². The minimum atomic E-state index is -0.539. The van der Waals surface area contributed by atoms with Gasteiger partial charge in [-0.25, -0.2) is 8.78 Å². The average molecular weight is 485 g/mol. The summed E-state index contributed by atoms with van der Waals surface area (Å²) in [7, 11) is 0. The van der Waals surface area contributed by atoms with Gasteiger partial charge in [-0.3, -0.25) is 4.98 Å². The van der Waals surface area contributed by atoms with Crippen LogP contribution in [0.5, 0.6) is 5.75 Å².